The fraction of sp³-hybridized carbons (Fsp3) is 0.672. The Bertz CT molecular complexity index is 2830. The van der Waals surface area contributed by atoms with Crippen LogP contribution in [0.25, 0.3) is 0 Å². The van der Waals surface area contributed by atoms with E-state index in [2.05, 4.69) is 91.8 Å². The van der Waals surface area contributed by atoms with Gasteiger partial charge in [-0.1, -0.05) is 125 Å². The average Bonchev–Trinajstić information content (AvgIpc) is 3.92. The van der Waals surface area contributed by atoms with E-state index in [1.54, 1.807) is 0 Å². The van der Waals surface area contributed by atoms with E-state index in [1.807, 2.05) is 26.0 Å². The van der Waals surface area contributed by atoms with Gasteiger partial charge in [-0.15, -0.1) is 0 Å². The van der Waals surface area contributed by atoms with Crippen molar-refractivity contribution in [2.24, 2.45) is 56.2 Å². The summed E-state index contributed by atoms with van der Waals surface area (Å²) in [7, 11) is 0. The summed E-state index contributed by atoms with van der Waals surface area (Å²) in [4.78, 5) is 74.7. The molecule has 0 spiro atoms. The molecule has 12 nitrogen and oxygen atoms in total. The van der Waals surface area contributed by atoms with E-state index in [0.29, 0.717) is 63.7 Å². The molecule has 3 N–H and O–H groups in total. The number of allylic oxidation sites excluding steroid dienone is 14. The molecule has 0 amide bonds. The molecule has 0 heterocycles. The lowest BCUT2D eigenvalue weighted by Crippen LogP contribution is -2.55. The normalized spacial score (nSPS) is 39.1. The maximum Gasteiger partial charge on any atom is 0.508 e. The number of carbonyl (C=O) groups excluding carboxylic acids is 6. The van der Waals surface area contributed by atoms with Crippen molar-refractivity contribution in [3.63, 3.8) is 0 Å². The van der Waals surface area contributed by atoms with Crippen molar-refractivity contribution in [2.45, 2.75) is 215 Å². The Morgan fingerprint density at radius 2 is 1.05 bits per heavy atom. The summed E-state index contributed by atoms with van der Waals surface area (Å²) < 4.78 is 16.1. The van der Waals surface area contributed by atoms with Gasteiger partial charge in [-0.3, -0.25) is 24.0 Å². The zero-order valence-corrected chi connectivity index (χ0v) is 49.2. The van der Waals surface area contributed by atoms with Crippen molar-refractivity contribution < 1.29 is 58.3 Å². The number of aliphatic hydroxyl groups excluding tert-OH is 1. The average molecular weight is 1090 g/mol. The van der Waals surface area contributed by atoms with E-state index in [0.717, 1.165) is 63.4 Å². The van der Waals surface area contributed by atoms with Crippen molar-refractivity contribution in [1.29, 1.82) is 0 Å². The van der Waals surface area contributed by atoms with E-state index >= 15 is 0 Å². The van der Waals surface area contributed by atoms with Crippen molar-refractivity contribution in [1.82, 2.24) is 0 Å². The van der Waals surface area contributed by atoms with Crippen molar-refractivity contribution in [3.05, 3.63) is 93.2 Å². The number of carbonyl (C=O) groups is 6. The zero-order valence-electron chi connectivity index (χ0n) is 49.2. The molecule has 10 aliphatic rings. The number of rotatable bonds is 10. The molecule has 430 valence electrons. The molecular formula is C67H90O12. The topological polar surface area (TPSA) is 191 Å². The Hall–Kier alpha value is -4.78. The third-order valence-corrected chi connectivity index (χ3v) is 22.5. The van der Waals surface area contributed by atoms with Gasteiger partial charge in [-0.2, -0.15) is 0 Å². The highest BCUT2D eigenvalue weighted by atomic mass is 16.7. The van der Waals surface area contributed by atoms with Gasteiger partial charge >= 0.3 is 12.1 Å². The smallest absolute Gasteiger partial charge is 0.458 e. The molecule has 79 heavy (non-hydrogen) atoms. The summed E-state index contributed by atoms with van der Waals surface area (Å²) in [6, 6.07) is 0. The highest BCUT2D eigenvalue weighted by Crippen LogP contribution is 2.67. The third kappa shape index (κ3) is 10.3. The molecular weight excluding hydrogens is 997 g/mol. The monoisotopic (exact) mass is 1090 g/mol. The Balaban J connectivity index is 0.000000227. The second-order valence-electron chi connectivity index (χ2n) is 28.0. The summed E-state index contributed by atoms with van der Waals surface area (Å²) in [6.45, 7) is 21.8. The van der Waals surface area contributed by atoms with E-state index in [4.69, 9.17) is 14.2 Å². The number of fused-ring (bicyclic) bond motifs is 10. The van der Waals surface area contributed by atoms with Gasteiger partial charge in [0.25, 0.3) is 0 Å². The minimum atomic E-state index is -1.58. The Morgan fingerprint density at radius 3 is 1.49 bits per heavy atom. The number of Topliss-reactive ketones (excluding diaryl/α,β-unsaturated/α-hetero) is 2. The summed E-state index contributed by atoms with van der Waals surface area (Å²) in [5, 5.41) is 33.7. The van der Waals surface area contributed by atoms with Crippen LogP contribution in [0.3, 0.4) is 0 Å². The van der Waals surface area contributed by atoms with Crippen LogP contribution in [0.1, 0.15) is 192 Å². The minimum Gasteiger partial charge on any atom is -0.458 e. The maximum atomic E-state index is 13.7. The first-order chi connectivity index (χ1) is 36.9. The fourth-order valence-electron chi connectivity index (χ4n) is 18.1. The van der Waals surface area contributed by atoms with Crippen LogP contribution in [-0.4, -0.2) is 87.2 Å². The minimum absolute atomic E-state index is 0.0549. The lowest BCUT2D eigenvalue weighted by atomic mass is 9.50. The van der Waals surface area contributed by atoms with Crippen LogP contribution >= 0.6 is 0 Å². The van der Waals surface area contributed by atoms with Gasteiger partial charge in [-0.25, -0.2) is 4.79 Å². The van der Waals surface area contributed by atoms with E-state index < -0.39 is 46.5 Å². The van der Waals surface area contributed by atoms with E-state index in [1.165, 1.54) is 45.9 Å². The molecule has 12 heteroatoms. The molecule has 0 bridgehead atoms. The molecule has 10 aliphatic carbocycles. The number of esters is 1. The Labute approximate surface area is 469 Å². The van der Waals surface area contributed by atoms with Crippen molar-refractivity contribution in [3.8, 4) is 0 Å². The first-order valence-electron chi connectivity index (χ1n) is 29.7. The lowest BCUT2D eigenvalue weighted by Gasteiger charge is -2.54. The first-order valence-corrected chi connectivity index (χ1v) is 29.7. The maximum absolute atomic E-state index is 13.7. The molecule has 12 atom stereocenters. The van der Waals surface area contributed by atoms with Gasteiger partial charge in [0, 0.05) is 47.8 Å². The van der Waals surface area contributed by atoms with Crippen molar-refractivity contribution >= 4 is 35.3 Å². The van der Waals surface area contributed by atoms with Crippen molar-refractivity contribution in [2.75, 3.05) is 13.2 Å². The van der Waals surface area contributed by atoms with Crippen LogP contribution in [0.2, 0.25) is 0 Å². The molecule has 0 aromatic heterocycles. The molecule has 0 aliphatic heterocycles. The first kappa shape index (κ1) is 58.9. The van der Waals surface area contributed by atoms with Crippen LogP contribution in [0.5, 0.6) is 0 Å². The fourth-order valence-corrected chi connectivity index (χ4v) is 18.1. The predicted molar refractivity (Wildman–Crippen MR) is 302 cm³/mol. The Morgan fingerprint density at radius 1 is 0.608 bits per heavy atom. The highest BCUT2D eigenvalue weighted by molar-refractivity contribution is 5.93. The molecule has 0 aromatic rings. The van der Waals surface area contributed by atoms with E-state index in [-0.39, 0.29) is 75.6 Å². The van der Waals surface area contributed by atoms with Crippen LogP contribution in [0.15, 0.2) is 93.2 Å². The van der Waals surface area contributed by atoms with Crippen LogP contribution in [-0.2, 0) is 38.2 Å². The molecule has 4 saturated carbocycles. The van der Waals surface area contributed by atoms with Gasteiger partial charge in [0.15, 0.2) is 24.8 Å². The second kappa shape index (κ2) is 21.2. The number of aliphatic hydroxyl groups is 3. The summed E-state index contributed by atoms with van der Waals surface area (Å²) in [6.07, 6.45) is 27.9. The van der Waals surface area contributed by atoms with Crippen LogP contribution < -0.4 is 0 Å². The van der Waals surface area contributed by atoms with Gasteiger partial charge in [-0.05, 0) is 168 Å². The quantitative estimate of drug-likeness (QED) is 0.107. The largest absolute Gasteiger partial charge is 0.508 e. The molecule has 0 saturated heterocycles. The van der Waals surface area contributed by atoms with Gasteiger partial charge in [0.05, 0.1) is 6.10 Å². The lowest BCUT2D eigenvalue weighted by molar-refractivity contribution is -0.162. The Kier molecular flexibility index (Phi) is 15.8. The molecule has 4 unspecified atom stereocenters. The molecule has 4 fully saturated rings. The molecule has 10 rings (SSSR count). The van der Waals surface area contributed by atoms with Crippen LogP contribution in [0.4, 0.5) is 4.79 Å². The predicted octanol–water partition coefficient (Wildman–Crippen LogP) is 12.3. The van der Waals surface area contributed by atoms with E-state index in [9.17, 15) is 44.1 Å². The van der Waals surface area contributed by atoms with Gasteiger partial charge < -0.3 is 29.5 Å². The van der Waals surface area contributed by atoms with Crippen LogP contribution in [0, 0.1) is 56.2 Å². The number of hydrogen-bond acceptors (Lipinski definition) is 12. The number of hydrogen-bond donors (Lipinski definition) is 3. The van der Waals surface area contributed by atoms with Gasteiger partial charge in [0.1, 0.15) is 17.3 Å². The zero-order chi connectivity index (χ0) is 57.5. The SMILES string of the molecule is CC(=O)OCC(=O)[C@@]1(O)CCC2C3CCC4=CC(=O)CC[C@]4(C)C3=CC[C@@]21C.CC1=C(/C=C/C=C/C2=C(C)C[C@@H](OC(=O)OCC(=O)[C@@]3(O)CCC4C5CCC6=CC(=O)CC[C@]6(C)C5=CC[C@@]43C)CC2(C)C)C(C)(C)C[C@H](O)C1. The second-order valence-corrected chi connectivity index (χ2v) is 28.0. The third-order valence-electron chi connectivity index (χ3n) is 22.5. The highest BCUT2D eigenvalue weighted by Gasteiger charge is 2.66. The number of ether oxygens (including phenoxy) is 3. The van der Waals surface area contributed by atoms with Gasteiger partial charge in [0.2, 0.25) is 11.6 Å². The summed E-state index contributed by atoms with van der Waals surface area (Å²) in [5.74, 6) is 0.112. The number of ketones is 4. The standard InChI is InChI=1S/C44H60O7.C23H30O5/c1-27-21-31(46)24-40(3,4)34(27)11-9-10-12-35-28(2)22-32(25-41(35,5)6)51-39(48)50-26-38(47)44(49)20-17-37-33-14-13-29-23-30(45)15-18-42(29,7)36(33)16-19-43(37,44)8;1-14(24)28-13-20(26)23(27)11-8-19-17-5-4-15-12-16(25)6-9-21(15,2)18(17)7-10-22(19,23)3/h9-12,16,23,31-33,37,46,49H,13-15,17-22,24-26H2,1-8H3;7,12,17,19,27H,4-6,8-11,13H2,1-3H3/b11-9+,12-10+;/t31-,32-,33?,37?,42+,43+,44+;17?,19?,21-,22-,23-/m10/s1. The summed E-state index contributed by atoms with van der Waals surface area (Å²) >= 11 is 0. The molecule has 0 radical (unpaired) electrons. The summed E-state index contributed by atoms with van der Waals surface area (Å²) in [5.41, 5.74) is 5.47. The molecule has 0 aromatic carbocycles.